The zero-order valence-corrected chi connectivity index (χ0v) is 8.51. The topological polar surface area (TPSA) is 101 Å². The molecule has 1 aromatic carbocycles. The van der Waals surface area contributed by atoms with E-state index in [2.05, 4.69) is 0 Å². The Morgan fingerprint density at radius 2 is 1.80 bits per heavy atom. The van der Waals surface area contributed by atoms with E-state index in [0.29, 0.717) is 0 Å². The second-order valence-electron chi connectivity index (χ2n) is 2.69. The molecular weight excluding hydrogens is 224 g/mol. The van der Waals surface area contributed by atoms with Gasteiger partial charge in [-0.3, -0.25) is 15.3 Å². The molecule has 0 atom stereocenters. The molecule has 0 heterocycles. The SMILES string of the molecule is CN(O)S(=O)(=O)c1ccc([N+](=O)[O-])cc1. The van der Waals surface area contributed by atoms with Gasteiger partial charge < -0.3 is 0 Å². The van der Waals surface area contributed by atoms with Crippen molar-refractivity contribution in [1.29, 1.82) is 0 Å². The first-order chi connectivity index (χ1) is 6.85. The van der Waals surface area contributed by atoms with Gasteiger partial charge in [-0.15, -0.1) is 0 Å². The third kappa shape index (κ3) is 2.29. The second-order valence-corrected chi connectivity index (χ2v) is 4.64. The lowest BCUT2D eigenvalue weighted by atomic mass is 10.3. The highest BCUT2D eigenvalue weighted by atomic mass is 32.2. The van der Waals surface area contributed by atoms with E-state index in [0.717, 1.165) is 31.3 Å². The van der Waals surface area contributed by atoms with Crippen molar-refractivity contribution < 1.29 is 18.5 Å². The molecule has 82 valence electrons. The van der Waals surface area contributed by atoms with E-state index in [4.69, 9.17) is 5.21 Å². The quantitative estimate of drug-likeness (QED) is 0.607. The molecule has 0 fully saturated rings. The lowest BCUT2D eigenvalue weighted by Gasteiger charge is -2.08. The van der Waals surface area contributed by atoms with Gasteiger partial charge >= 0.3 is 0 Å². The number of benzene rings is 1. The van der Waals surface area contributed by atoms with Gasteiger partial charge in [0.05, 0.1) is 9.82 Å². The Hall–Kier alpha value is -1.51. The van der Waals surface area contributed by atoms with Gasteiger partial charge in [0.1, 0.15) is 0 Å². The summed E-state index contributed by atoms with van der Waals surface area (Å²) in [5.41, 5.74) is -0.213. The van der Waals surface area contributed by atoms with E-state index < -0.39 is 14.9 Å². The average Bonchev–Trinajstić information content (AvgIpc) is 2.17. The molecule has 0 radical (unpaired) electrons. The van der Waals surface area contributed by atoms with Crippen LogP contribution in [0.25, 0.3) is 0 Å². The smallest absolute Gasteiger partial charge is 0.269 e. The summed E-state index contributed by atoms with van der Waals surface area (Å²) in [6, 6.07) is 4.22. The number of nitrogens with zero attached hydrogens (tertiary/aromatic N) is 2. The Labute approximate surface area is 85.7 Å². The first kappa shape index (κ1) is 11.6. The highest BCUT2D eigenvalue weighted by Gasteiger charge is 2.19. The lowest BCUT2D eigenvalue weighted by molar-refractivity contribution is -0.384. The maximum Gasteiger partial charge on any atom is 0.269 e. The van der Waals surface area contributed by atoms with E-state index in [9.17, 15) is 18.5 Å². The number of nitro groups is 1. The van der Waals surface area contributed by atoms with Crippen molar-refractivity contribution >= 4 is 15.7 Å². The maximum atomic E-state index is 11.3. The number of hydrogen-bond acceptors (Lipinski definition) is 5. The summed E-state index contributed by atoms with van der Waals surface area (Å²) in [7, 11) is -3.00. The van der Waals surface area contributed by atoms with E-state index >= 15 is 0 Å². The van der Waals surface area contributed by atoms with Gasteiger partial charge in [-0.05, 0) is 12.1 Å². The van der Waals surface area contributed by atoms with Crippen LogP contribution in [0.5, 0.6) is 0 Å². The first-order valence-electron chi connectivity index (χ1n) is 3.78. The zero-order valence-electron chi connectivity index (χ0n) is 7.69. The fraction of sp³-hybridized carbons (Fsp3) is 0.143. The summed E-state index contributed by atoms with van der Waals surface area (Å²) in [6.45, 7) is 0. The average molecular weight is 232 g/mol. The van der Waals surface area contributed by atoms with E-state index in [-0.39, 0.29) is 15.1 Å². The molecule has 0 saturated heterocycles. The monoisotopic (exact) mass is 232 g/mol. The largest absolute Gasteiger partial charge is 0.299 e. The molecule has 0 aromatic heterocycles. The van der Waals surface area contributed by atoms with Crippen molar-refractivity contribution in [1.82, 2.24) is 4.47 Å². The summed E-state index contributed by atoms with van der Waals surface area (Å²) in [5, 5.41) is 19.1. The van der Waals surface area contributed by atoms with Crippen LogP contribution in [0.4, 0.5) is 5.69 Å². The van der Waals surface area contributed by atoms with Crippen molar-refractivity contribution in [3.05, 3.63) is 34.4 Å². The molecule has 0 aliphatic rings. The van der Waals surface area contributed by atoms with Crippen LogP contribution in [0.1, 0.15) is 0 Å². The number of non-ortho nitro benzene ring substituents is 1. The fourth-order valence-corrected chi connectivity index (χ4v) is 1.68. The molecule has 0 amide bonds. The van der Waals surface area contributed by atoms with Crippen molar-refractivity contribution in [3.63, 3.8) is 0 Å². The van der Waals surface area contributed by atoms with Gasteiger partial charge in [-0.1, -0.05) is 4.47 Å². The summed E-state index contributed by atoms with van der Waals surface area (Å²) in [4.78, 5) is 9.44. The minimum absolute atomic E-state index is 0.0498. The molecule has 1 aromatic rings. The van der Waals surface area contributed by atoms with Crippen molar-refractivity contribution in [3.8, 4) is 0 Å². The standard InChI is InChI=1S/C7H8N2O5S/c1-8(10)15(13,14)7-4-2-6(3-5-7)9(11)12/h2-5,10H,1H3. The number of rotatable bonds is 3. The molecule has 0 saturated carbocycles. The van der Waals surface area contributed by atoms with Crippen molar-refractivity contribution in [2.45, 2.75) is 4.90 Å². The highest BCUT2D eigenvalue weighted by molar-refractivity contribution is 7.89. The Morgan fingerprint density at radius 3 is 2.13 bits per heavy atom. The molecule has 8 heteroatoms. The summed E-state index contributed by atoms with van der Waals surface area (Å²) >= 11 is 0. The number of hydroxylamine groups is 1. The Kier molecular flexibility index (Phi) is 3.03. The molecule has 0 unspecified atom stereocenters. The lowest BCUT2D eigenvalue weighted by Crippen LogP contribution is -2.22. The predicted octanol–water partition coefficient (Wildman–Crippen LogP) is 0.604. The third-order valence-corrected chi connectivity index (χ3v) is 3.26. The minimum atomic E-state index is -3.95. The van der Waals surface area contributed by atoms with Gasteiger partial charge in [0.2, 0.25) is 0 Å². The van der Waals surface area contributed by atoms with Crippen LogP contribution in [-0.2, 0) is 10.0 Å². The molecule has 15 heavy (non-hydrogen) atoms. The number of nitro benzene ring substituents is 1. The molecule has 0 aliphatic heterocycles. The van der Waals surface area contributed by atoms with Gasteiger partial charge in [0.25, 0.3) is 15.7 Å². The molecule has 7 nitrogen and oxygen atoms in total. The summed E-state index contributed by atoms with van der Waals surface area (Å²) < 4.78 is 22.7. The van der Waals surface area contributed by atoms with Crippen LogP contribution in [0, 0.1) is 10.1 Å². The van der Waals surface area contributed by atoms with Crippen LogP contribution >= 0.6 is 0 Å². The maximum absolute atomic E-state index is 11.3. The molecule has 1 N–H and O–H groups in total. The van der Waals surface area contributed by atoms with E-state index in [1.807, 2.05) is 0 Å². The van der Waals surface area contributed by atoms with E-state index in [1.165, 1.54) is 0 Å². The third-order valence-electron chi connectivity index (χ3n) is 1.69. The minimum Gasteiger partial charge on any atom is -0.299 e. The van der Waals surface area contributed by atoms with Gasteiger partial charge in [-0.25, -0.2) is 8.42 Å². The van der Waals surface area contributed by atoms with Crippen LogP contribution in [0.3, 0.4) is 0 Å². The Morgan fingerprint density at radius 1 is 1.33 bits per heavy atom. The predicted molar refractivity (Wildman–Crippen MR) is 49.8 cm³/mol. The van der Waals surface area contributed by atoms with Crippen molar-refractivity contribution in [2.75, 3.05) is 7.05 Å². The highest BCUT2D eigenvalue weighted by Crippen LogP contribution is 2.17. The summed E-state index contributed by atoms with van der Waals surface area (Å²) in [5.74, 6) is 0. The number of sulfonamides is 1. The van der Waals surface area contributed by atoms with Crippen LogP contribution < -0.4 is 0 Å². The molecule has 0 bridgehead atoms. The van der Waals surface area contributed by atoms with Crippen LogP contribution in [0.2, 0.25) is 0 Å². The van der Waals surface area contributed by atoms with Gasteiger partial charge in [0.15, 0.2) is 0 Å². The molecule has 1 rings (SSSR count). The molecule has 0 aliphatic carbocycles. The summed E-state index contributed by atoms with van der Waals surface area (Å²) in [6.07, 6.45) is 0. The normalized spacial score (nSPS) is 11.7. The van der Waals surface area contributed by atoms with Crippen LogP contribution in [-0.4, -0.2) is 30.1 Å². The van der Waals surface area contributed by atoms with Gasteiger partial charge in [0, 0.05) is 19.2 Å². The Balaban J connectivity index is 3.15. The fourth-order valence-electron chi connectivity index (χ4n) is 0.892. The molecule has 0 spiro atoms. The van der Waals surface area contributed by atoms with Gasteiger partial charge in [-0.2, -0.15) is 0 Å². The Bertz CT molecular complexity index is 465. The van der Waals surface area contributed by atoms with Crippen molar-refractivity contribution in [2.24, 2.45) is 0 Å². The first-order valence-corrected chi connectivity index (χ1v) is 5.22. The number of hydrogen-bond donors (Lipinski definition) is 1. The van der Waals surface area contributed by atoms with E-state index in [1.54, 1.807) is 0 Å². The van der Waals surface area contributed by atoms with Crippen LogP contribution in [0.15, 0.2) is 29.2 Å². The zero-order chi connectivity index (χ0) is 11.6. The second kappa shape index (κ2) is 3.93. The molecular formula is C7H8N2O5S.